The van der Waals surface area contributed by atoms with Crippen molar-refractivity contribution >= 4 is 11.8 Å². The van der Waals surface area contributed by atoms with Crippen molar-refractivity contribution in [2.45, 2.75) is 26.8 Å². The van der Waals surface area contributed by atoms with Crippen LogP contribution in [0.4, 0.5) is 0 Å². The monoisotopic (exact) mass is 290 g/mol. The van der Waals surface area contributed by atoms with E-state index in [0.29, 0.717) is 29.2 Å². The van der Waals surface area contributed by atoms with Crippen LogP contribution in [0.2, 0.25) is 0 Å². The molecule has 2 rings (SSSR count). The highest BCUT2D eigenvalue weighted by Gasteiger charge is 2.16. The van der Waals surface area contributed by atoms with Gasteiger partial charge in [0.1, 0.15) is 11.5 Å². The third kappa shape index (κ3) is 3.53. The largest absolute Gasteiger partial charge is 0.469 e. The van der Waals surface area contributed by atoms with E-state index < -0.39 is 0 Å². The van der Waals surface area contributed by atoms with E-state index in [1.54, 1.807) is 26.0 Å². The van der Waals surface area contributed by atoms with Gasteiger partial charge in [-0.15, -0.1) is 0 Å². The molecule has 0 aromatic carbocycles. The Morgan fingerprint density at radius 3 is 2.05 bits per heavy atom. The Balaban J connectivity index is 1.84. The van der Waals surface area contributed by atoms with Crippen LogP contribution in [0.25, 0.3) is 0 Å². The van der Waals surface area contributed by atoms with E-state index in [-0.39, 0.29) is 17.9 Å². The van der Waals surface area contributed by atoms with Gasteiger partial charge in [-0.2, -0.15) is 0 Å². The molecule has 2 heterocycles. The first-order chi connectivity index (χ1) is 9.99. The summed E-state index contributed by atoms with van der Waals surface area (Å²) in [4.78, 5) is 23.9. The van der Waals surface area contributed by atoms with E-state index in [9.17, 15) is 9.59 Å². The van der Waals surface area contributed by atoms with Crippen LogP contribution in [0.1, 0.15) is 39.2 Å². The lowest BCUT2D eigenvalue weighted by Crippen LogP contribution is -2.41. The molecule has 0 aliphatic rings. The van der Waals surface area contributed by atoms with Gasteiger partial charge in [0.2, 0.25) is 0 Å². The van der Waals surface area contributed by atoms with E-state index in [0.717, 1.165) is 0 Å². The van der Waals surface area contributed by atoms with Gasteiger partial charge in [-0.1, -0.05) is 0 Å². The summed E-state index contributed by atoms with van der Waals surface area (Å²) in [6.07, 6.45) is 2.94. The van der Waals surface area contributed by atoms with Crippen molar-refractivity contribution in [2.24, 2.45) is 0 Å². The fourth-order valence-electron chi connectivity index (χ4n) is 1.93. The number of hydrogen-bond donors (Lipinski definition) is 2. The van der Waals surface area contributed by atoms with Crippen LogP contribution in [0, 0.1) is 13.8 Å². The average Bonchev–Trinajstić information content (AvgIpc) is 3.04. The molecule has 0 saturated carbocycles. The Bertz CT molecular complexity index is 642. The van der Waals surface area contributed by atoms with Crippen molar-refractivity contribution in [3.05, 3.63) is 47.3 Å². The Kier molecular flexibility index (Phi) is 4.47. The lowest BCUT2D eigenvalue weighted by Gasteiger charge is -2.14. The Morgan fingerprint density at radius 1 is 1.05 bits per heavy atom. The average molecular weight is 290 g/mol. The maximum Gasteiger partial charge on any atom is 0.255 e. The molecule has 6 heteroatoms. The van der Waals surface area contributed by atoms with Crippen molar-refractivity contribution in [1.82, 2.24) is 10.6 Å². The maximum absolute atomic E-state index is 12.0. The molecule has 0 bridgehead atoms. The number of rotatable bonds is 5. The molecule has 2 amide bonds. The highest BCUT2D eigenvalue weighted by atomic mass is 16.3. The molecule has 0 spiro atoms. The zero-order chi connectivity index (χ0) is 15.4. The van der Waals surface area contributed by atoms with Crippen LogP contribution in [0.15, 0.2) is 33.5 Å². The number of hydrogen-bond acceptors (Lipinski definition) is 4. The van der Waals surface area contributed by atoms with Gasteiger partial charge < -0.3 is 19.5 Å². The van der Waals surface area contributed by atoms with E-state index >= 15 is 0 Å². The Morgan fingerprint density at radius 2 is 1.57 bits per heavy atom. The normalized spacial score (nSPS) is 12.0. The number of furan rings is 2. The fraction of sp³-hybridized carbons (Fsp3) is 0.333. The van der Waals surface area contributed by atoms with Crippen molar-refractivity contribution in [3.63, 3.8) is 0 Å². The van der Waals surface area contributed by atoms with Crippen molar-refractivity contribution in [2.75, 3.05) is 6.54 Å². The van der Waals surface area contributed by atoms with Crippen molar-refractivity contribution in [1.29, 1.82) is 0 Å². The van der Waals surface area contributed by atoms with Crippen LogP contribution in [-0.4, -0.2) is 24.4 Å². The predicted octanol–water partition coefficient (Wildman–Crippen LogP) is 2.04. The summed E-state index contributed by atoms with van der Waals surface area (Å²) in [7, 11) is 0. The van der Waals surface area contributed by atoms with Gasteiger partial charge in [0.15, 0.2) is 0 Å². The van der Waals surface area contributed by atoms with E-state index in [2.05, 4.69) is 10.6 Å². The minimum absolute atomic E-state index is 0.206. The molecule has 2 aromatic rings. The standard InChI is InChI=1S/C15H18N2O4/c1-9(17-15(19)13-5-7-21-11(13)3)8-16-14(18)12-4-6-20-10(12)2/h4-7,9H,8H2,1-3H3,(H,16,18)(H,17,19)/t9-/m1/s1. The molecule has 6 nitrogen and oxygen atoms in total. The number of carbonyl (C=O) groups is 2. The first-order valence-corrected chi connectivity index (χ1v) is 6.66. The summed E-state index contributed by atoms with van der Waals surface area (Å²) in [5, 5.41) is 5.56. The second-order valence-corrected chi connectivity index (χ2v) is 4.87. The molecule has 2 aromatic heterocycles. The van der Waals surface area contributed by atoms with E-state index in [1.807, 2.05) is 6.92 Å². The number of nitrogens with one attached hydrogen (secondary N) is 2. The first-order valence-electron chi connectivity index (χ1n) is 6.66. The second kappa shape index (κ2) is 6.30. The third-order valence-electron chi connectivity index (χ3n) is 3.15. The molecule has 0 aliphatic carbocycles. The molecule has 0 radical (unpaired) electrons. The van der Waals surface area contributed by atoms with Gasteiger partial charge in [0.25, 0.3) is 11.8 Å². The molecule has 0 aliphatic heterocycles. The number of carbonyl (C=O) groups excluding carboxylic acids is 2. The van der Waals surface area contributed by atoms with Crippen molar-refractivity contribution < 1.29 is 18.4 Å². The highest BCUT2D eigenvalue weighted by molar-refractivity contribution is 5.96. The zero-order valence-electron chi connectivity index (χ0n) is 12.2. The molecule has 0 saturated heterocycles. The summed E-state index contributed by atoms with van der Waals surface area (Å²) in [6, 6.07) is 3.02. The topological polar surface area (TPSA) is 84.5 Å². The lowest BCUT2D eigenvalue weighted by atomic mass is 10.2. The van der Waals surface area contributed by atoms with Crippen LogP contribution in [-0.2, 0) is 0 Å². The molecule has 2 N–H and O–H groups in total. The lowest BCUT2D eigenvalue weighted by molar-refractivity contribution is 0.0910. The zero-order valence-corrected chi connectivity index (χ0v) is 12.2. The Hall–Kier alpha value is -2.50. The van der Waals surface area contributed by atoms with Gasteiger partial charge in [0, 0.05) is 12.6 Å². The summed E-state index contributed by atoms with van der Waals surface area (Å²) < 4.78 is 10.2. The molecule has 1 atom stereocenters. The predicted molar refractivity (Wildman–Crippen MR) is 76.2 cm³/mol. The second-order valence-electron chi connectivity index (χ2n) is 4.87. The fourth-order valence-corrected chi connectivity index (χ4v) is 1.93. The Labute approximate surface area is 122 Å². The first kappa shape index (κ1) is 14.9. The van der Waals surface area contributed by atoms with Crippen LogP contribution < -0.4 is 10.6 Å². The minimum atomic E-state index is -0.221. The third-order valence-corrected chi connectivity index (χ3v) is 3.15. The molecule has 21 heavy (non-hydrogen) atoms. The summed E-state index contributed by atoms with van der Waals surface area (Å²) in [5.41, 5.74) is 0.998. The van der Waals surface area contributed by atoms with Gasteiger partial charge in [-0.25, -0.2) is 0 Å². The molecular weight excluding hydrogens is 272 g/mol. The molecule has 112 valence electrons. The quantitative estimate of drug-likeness (QED) is 0.882. The van der Waals surface area contributed by atoms with Gasteiger partial charge in [0.05, 0.1) is 23.7 Å². The summed E-state index contributed by atoms with van der Waals surface area (Å²) >= 11 is 0. The number of aryl methyl sites for hydroxylation is 2. The van der Waals surface area contributed by atoms with Gasteiger partial charge in [-0.05, 0) is 32.9 Å². The van der Waals surface area contributed by atoms with Gasteiger partial charge >= 0.3 is 0 Å². The van der Waals surface area contributed by atoms with E-state index in [1.165, 1.54) is 12.5 Å². The molecule has 0 fully saturated rings. The summed E-state index contributed by atoms with van der Waals surface area (Å²) in [6.45, 7) is 5.59. The van der Waals surface area contributed by atoms with Crippen LogP contribution in [0.5, 0.6) is 0 Å². The highest BCUT2D eigenvalue weighted by Crippen LogP contribution is 2.09. The van der Waals surface area contributed by atoms with Crippen LogP contribution in [0.3, 0.4) is 0 Å². The van der Waals surface area contributed by atoms with Gasteiger partial charge in [-0.3, -0.25) is 9.59 Å². The molecular formula is C15H18N2O4. The van der Waals surface area contributed by atoms with Crippen LogP contribution >= 0.6 is 0 Å². The molecule has 0 unspecified atom stereocenters. The SMILES string of the molecule is Cc1occc1C(=O)NC[C@@H](C)NC(=O)c1ccoc1C. The smallest absolute Gasteiger partial charge is 0.255 e. The summed E-state index contributed by atoms with van der Waals surface area (Å²) in [5.74, 6) is 0.695. The van der Waals surface area contributed by atoms with Crippen molar-refractivity contribution in [3.8, 4) is 0 Å². The minimum Gasteiger partial charge on any atom is -0.469 e. The maximum atomic E-state index is 12.0. The van der Waals surface area contributed by atoms with E-state index in [4.69, 9.17) is 8.83 Å². The number of amides is 2.